The minimum atomic E-state index is -0.331. The van der Waals surface area contributed by atoms with Crippen LogP contribution in [0, 0.1) is 19.7 Å². The second-order valence-electron chi connectivity index (χ2n) is 11.7. The van der Waals surface area contributed by atoms with Crippen molar-refractivity contribution in [2.75, 3.05) is 0 Å². The number of fused-ring (bicyclic) bond motifs is 3. The highest BCUT2D eigenvalue weighted by Crippen LogP contribution is 2.41. The van der Waals surface area contributed by atoms with E-state index >= 15 is 0 Å². The third-order valence-corrected chi connectivity index (χ3v) is 10.0. The summed E-state index contributed by atoms with van der Waals surface area (Å²) in [6.45, 7) is 4.19. The van der Waals surface area contributed by atoms with Gasteiger partial charge < -0.3 is 4.57 Å². The Labute approximate surface area is 264 Å². The standard InChI is InChI=1S/C39H30FN3OS/c1-24-22-30(25(2)42(24)32-19-14-27(15-20-32)26-8-4-3-5-9-26)23-35-38(44)43-37(29-12-17-31(40)18-13-29)34-21-16-28-10-6-7-11-33(28)36(34)41-39(43)45-35/h3-15,17-20,22-23,37H,16,21H2,1-2H3/b35-23+/t37-/m0/s1. The van der Waals surface area contributed by atoms with Crippen LogP contribution in [-0.2, 0) is 6.42 Å². The zero-order chi connectivity index (χ0) is 30.7. The minimum Gasteiger partial charge on any atom is -0.318 e. The van der Waals surface area contributed by atoms with Crippen molar-refractivity contribution in [3.05, 3.63) is 174 Å². The van der Waals surface area contributed by atoms with Crippen LogP contribution in [0.1, 0.15) is 46.1 Å². The number of benzene rings is 4. The zero-order valence-electron chi connectivity index (χ0n) is 25.0. The first-order valence-electron chi connectivity index (χ1n) is 15.2. The number of allylic oxidation sites excluding steroid dienone is 1. The number of aryl methyl sites for hydroxylation is 2. The lowest BCUT2D eigenvalue weighted by atomic mass is 9.83. The summed E-state index contributed by atoms with van der Waals surface area (Å²) < 4.78 is 18.7. The van der Waals surface area contributed by atoms with E-state index < -0.39 is 0 Å². The van der Waals surface area contributed by atoms with Crippen molar-refractivity contribution in [3.8, 4) is 16.8 Å². The molecule has 4 aromatic carbocycles. The SMILES string of the molecule is Cc1cc(/C=c2/sc3n(c2=O)[C@@H](c2ccc(F)cc2)C2=C(N=3)c3ccccc3CC2)c(C)n1-c1ccc(-c2ccccc2)cc1. The third kappa shape index (κ3) is 4.64. The number of hydrogen-bond donors (Lipinski definition) is 0. The van der Waals surface area contributed by atoms with Crippen LogP contribution in [0.5, 0.6) is 0 Å². The molecule has 1 aliphatic carbocycles. The van der Waals surface area contributed by atoms with E-state index in [0.717, 1.165) is 57.9 Å². The second kappa shape index (κ2) is 10.8. The molecule has 1 aliphatic heterocycles. The molecule has 0 radical (unpaired) electrons. The average molecular weight is 608 g/mol. The molecule has 0 amide bonds. The van der Waals surface area contributed by atoms with E-state index in [1.165, 1.54) is 40.2 Å². The van der Waals surface area contributed by atoms with Gasteiger partial charge in [-0.15, -0.1) is 0 Å². The highest BCUT2D eigenvalue weighted by atomic mass is 32.1. The van der Waals surface area contributed by atoms with E-state index in [0.29, 0.717) is 9.33 Å². The molecule has 2 aliphatic rings. The van der Waals surface area contributed by atoms with Crippen LogP contribution in [0.15, 0.2) is 125 Å². The van der Waals surface area contributed by atoms with E-state index in [4.69, 9.17) is 4.99 Å². The lowest BCUT2D eigenvalue weighted by Crippen LogP contribution is -2.38. The summed E-state index contributed by atoms with van der Waals surface area (Å²) in [6.07, 6.45) is 3.68. The first-order chi connectivity index (χ1) is 22.0. The Hall–Kier alpha value is -5.07. The van der Waals surface area contributed by atoms with Gasteiger partial charge in [0.1, 0.15) is 5.82 Å². The van der Waals surface area contributed by atoms with Crippen molar-refractivity contribution in [2.45, 2.75) is 32.7 Å². The van der Waals surface area contributed by atoms with Crippen molar-refractivity contribution in [2.24, 2.45) is 4.99 Å². The molecule has 2 aromatic heterocycles. The van der Waals surface area contributed by atoms with Gasteiger partial charge in [-0.3, -0.25) is 9.36 Å². The number of halogens is 1. The monoisotopic (exact) mass is 607 g/mol. The first-order valence-corrected chi connectivity index (χ1v) is 16.0. The Bertz CT molecular complexity index is 2310. The molecular weight excluding hydrogens is 578 g/mol. The number of aromatic nitrogens is 2. The molecule has 1 atom stereocenters. The highest BCUT2D eigenvalue weighted by Gasteiger charge is 2.32. The van der Waals surface area contributed by atoms with Crippen LogP contribution in [-0.4, -0.2) is 9.13 Å². The lowest BCUT2D eigenvalue weighted by molar-refractivity contribution is 0.581. The summed E-state index contributed by atoms with van der Waals surface area (Å²) in [7, 11) is 0. The van der Waals surface area contributed by atoms with Crippen LogP contribution in [0.4, 0.5) is 4.39 Å². The largest absolute Gasteiger partial charge is 0.318 e. The van der Waals surface area contributed by atoms with Gasteiger partial charge in [-0.05, 0) is 96.5 Å². The van der Waals surface area contributed by atoms with Crippen LogP contribution in [0.3, 0.4) is 0 Å². The number of nitrogens with zero attached hydrogens (tertiary/aromatic N) is 3. The molecule has 45 heavy (non-hydrogen) atoms. The molecule has 220 valence electrons. The second-order valence-corrected chi connectivity index (χ2v) is 12.7. The predicted molar refractivity (Wildman–Crippen MR) is 180 cm³/mol. The summed E-state index contributed by atoms with van der Waals surface area (Å²) in [5.74, 6) is -0.292. The smallest absolute Gasteiger partial charge is 0.271 e. The van der Waals surface area contributed by atoms with Gasteiger partial charge in [0, 0.05) is 22.6 Å². The van der Waals surface area contributed by atoms with Gasteiger partial charge in [-0.25, -0.2) is 9.38 Å². The third-order valence-electron chi connectivity index (χ3n) is 9.05. The molecule has 0 N–H and O–H groups in total. The molecule has 3 heterocycles. The Morgan fingerprint density at radius 2 is 1.56 bits per heavy atom. The van der Waals surface area contributed by atoms with Crippen LogP contribution < -0.4 is 14.9 Å². The minimum absolute atomic E-state index is 0.0736. The molecule has 0 fully saturated rings. The quantitative estimate of drug-likeness (QED) is 0.204. The van der Waals surface area contributed by atoms with E-state index in [-0.39, 0.29) is 17.4 Å². The van der Waals surface area contributed by atoms with Gasteiger partial charge in [-0.2, -0.15) is 0 Å². The Morgan fingerprint density at radius 1 is 0.844 bits per heavy atom. The van der Waals surface area contributed by atoms with Gasteiger partial charge in [0.25, 0.3) is 5.56 Å². The number of hydrogen-bond acceptors (Lipinski definition) is 3. The van der Waals surface area contributed by atoms with Crippen LogP contribution >= 0.6 is 11.3 Å². The summed E-state index contributed by atoms with van der Waals surface area (Å²) in [5, 5.41) is 0. The summed E-state index contributed by atoms with van der Waals surface area (Å²) in [6, 6.07) is 35.7. The summed E-state index contributed by atoms with van der Waals surface area (Å²) >= 11 is 1.42. The topological polar surface area (TPSA) is 39.3 Å². The van der Waals surface area contributed by atoms with E-state index in [1.807, 2.05) is 22.8 Å². The van der Waals surface area contributed by atoms with Gasteiger partial charge >= 0.3 is 0 Å². The van der Waals surface area contributed by atoms with Crippen molar-refractivity contribution < 1.29 is 4.39 Å². The van der Waals surface area contributed by atoms with Gasteiger partial charge in [0.05, 0.1) is 16.3 Å². The molecule has 0 spiro atoms. The molecule has 0 saturated heterocycles. The Morgan fingerprint density at radius 3 is 2.33 bits per heavy atom. The maximum atomic E-state index is 14.2. The van der Waals surface area contributed by atoms with Crippen molar-refractivity contribution in [1.82, 2.24) is 9.13 Å². The van der Waals surface area contributed by atoms with Crippen LogP contribution in [0.25, 0.3) is 28.6 Å². The lowest BCUT2D eigenvalue weighted by Gasteiger charge is -2.30. The van der Waals surface area contributed by atoms with E-state index in [1.54, 1.807) is 12.1 Å². The Balaban J connectivity index is 1.25. The van der Waals surface area contributed by atoms with Crippen molar-refractivity contribution in [1.29, 1.82) is 0 Å². The van der Waals surface area contributed by atoms with Gasteiger partial charge in [0.2, 0.25) is 0 Å². The molecule has 0 bridgehead atoms. The van der Waals surface area contributed by atoms with E-state index in [2.05, 4.69) is 91.2 Å². The Kier molecular flexibility index (Phi) is 6.61. The van der Waals surface area contributed by atoms with Gasteiger partial charge in [-0.1, -0.05) is 90.2 Å². The average Bonchev–Trinajstić information content (AvgIpc) is 3.54. The first kappa shape index (κ1) is 27.5. The highest BCUT2D eigenvalue weighted by molar-refractivity contribution is 7.07. The predicted octanol–water partition coefficient (Wildman–Crippen LogP) is 7.53. The van der Waals surface area contributed by atoms with Crippen molar-refractivity contribution in [3.63, 3.8) is 0 Å². The zero-order valence-corrected chi connectivity index (χ0v) is 25.8. The number of thiazole rings is 1. The molecular formula is C39H30FN3OS. The normalized spacial score (nSPS) is 15.8. The summed E-state index contributed by atoms with van der Waals surface area (Å²) in [5.41, 5.74) is 11.8. The fraction of sp³-hybridized carbons (Fsp3) is 0.128. The molecule has 6 aromatic rings. The molecule has 6 heteroatoms. The molecule has 4 nitrogen and oxygen atoms in total. The molecule has 0 unspecified atom stereocenters. The maximum absolute atomic E-state index is 14.2. The number of rotatable bonds is 4. The van der Waals surface area contributed by atoms with Crippen LogP contribution in [0.2, 0.25) is 0 Å². The van der Waals surface area contributed by atoms with E-state index in [9.17, 15) is 9.18 Å². The molecule has 0 saturated carbocycles. The van der Waals surface area contributed by atoms with Crippen molar-refractivity contribution >= 4 is 23.1 Å². The summed E-state index contributed by atoms with van der Waals surface area (Å²) in [4.78, 5) is 20.0. The fourth-order valence-corrected chi connectivity index (χ4v) is 7.87. The molecule has 8 rings (SSSR count). The maximum Gasteiger partial charge on any atom is 0.271 e. The fourth-order valence-electron chi connectivity index (χ4n) is 6.87. The van der Waals surface area contributed by atoms with Gasteiger partial charge in [0.15, 0.2) is 4.80 Å².